The molecule has 0 spiro atoms. The Balaban J connectivity index is 1.71. The summed E-state index contributed by atoms with van der Waals surface area (Å²) in [6.45, 7) is 2.81. The molecule has 1 saturated heterocycles. The van der Waals surface area contributed by atoms with Crippen LogP contribution in [0.1, 0.15) is 70.3 Å². The summed E-state index contributed by atoms with van der Waals surface area (Å²) < 4.78 is 24.5. The van der Waals surface area contributed by atoms with Gasteiger partial charge in [-0.15, -0.1) is 0 Å². The molecule has 1 heterocycles. The lowest BCUT2D eigenvalue weighted by Gasteiger charge is -2.38. The van der Waals surface area contributed by atoms with Crippen LogP contribution in [0.4, 0.5) is 4.39 Å². The fourth-order valence-electron chi connectivity index (χ4n) is 5.49. The standard InChI is InChI=1S/C28H39FO4/c1-3-4-7-10-23(30)17-18-24-25(11-8-5-6-9-12-27(31)32-2)28(19-26(24)33-20-28)21-13-15-22(29)16-14-21/h5,8,13-18,23-26,30H,3-4,6-7,9-12,19-20H2,1-2H3/t23-,24-,25-,26-,28-/m0/s1. The van der Waals surface area contributed by atoms with Crippen LogP contribution in [-0.2, 0) is 19.7 Å². The van der Waals surface area contributed by atoms with E-state index in [1.165, 1.54) is 19.2 Å². The van der Waals surface area contributed by atoms with E-state index in [4.69, 9.17) is 9.47 Å². The maximum atomic E-state index is 13.6. The van der Waals surface area contributed by atoms with E-state index in [1.807, 2.05) is 18.2 Å². The molecule has 2 aliphatic rings. The van der Waals surface area contributed by atoms with E-state index >= 15 is 0 Å². The van der Waals surface area contributed by atoms with Crippen molar-refractivity contribution in [2.75, 3.05) is 13.7 Å². The van der Waals surface area contributed by atoms with Gasteiger partial charge >= 0.3 is 5.97 Å². The number of carbonyl (C=O) groups excluding carboxylic acids is 1. The molecule has 2 bridgehead atoms. The van der Waals surface area contributed by atoms with E-state index < -0.39 is 6.10 Å². The first-order valence-electron chi connectivity index (χ1n) is 12.5. The van der Waals surface area contributed by atoms with Crippen LogP contribution in [0.15, 0.2) is 48.6 Å². The zero-order valence-corrected chi connectivity index (χ0v) is 20.0. The number of allylic oxidation sites excluding steroid dienone is 2. The summed E-state index contributed by atoms with van der Waals surface area (Å²) >= 11 is 0. The molecule has 182 valence electrons. The predicted octanol–water partition coefficient (Wildman–Crippen LogP) is 5.89. The highest BCUT2D eigenvalue weighted by Crippen LogP contribution is 2.57. The number of aliphatic hydroxyl groups excluding tert-OH is 1. The third-order valence-corrected chi connectivity index (χ3v) is 7.34. The van der Waals surface area contributed by atoms with E-state index in [0.717, 1.165) is 56.9 Å². The summed E-state index contributed by atoms with van der Waals surface area (Å²) in [6, 6.07) is 6.88. The molecule has 0 radical (unpaired) electrons. The molecule has 1 saturated carbocycles. The first-order chi connectivity index (χ1) is 16.0. The summed E-state index contributed by atoms with van der Waals surface area (Å²) in [4.78, 5) is 11.3. The molecule has 4 nitrogen and oxygen atoms in total. The fourth-order valence-corrected chi connectivity index (χ4v) is 5.49. The van der Waals surface area contributed by atoms with Crippen molar-refractivity contribution in [1.29, 1.82) is 0 Å². The second kappa shape index (κ2) is 12.5. The van der Waals surface area contributed by atoms with Crippen molar-refractivity contribution in [2.24, 2.45) is 11.8 Å². The van der Waals surface area contributed by atoms with Gasteiger partial charge < -0.3 is 14.6 Å². The van der Waals surface area contributed by atoms with Crippen molar-refractivity contribution in [3.8, 4) is 0 Å². The van der Waals surface area contributed by atoms with E-state index in [2.05, 4.69) is 25.2 Å². The van der Waals surface area contributed by atoms with E-state index in [9.17, 15) is 14.3 Å². The molecule has 2 fully saturated rings. The van der Waals surface area contributed by atoms with Gasteiger partial charge in [0.15, 0.2) is 0 Å². The molecule has 0 amide bonds. The van der Waals surface area contributed by atoms with Gasteiger partial charge in [-0.1, -0.05) is 62.6 Å². The lowest BCUT2D eigenvalue weighted by molar-refractivity contribution is -0.140. The Labute approximate surface area is 197 Å². The van der Waals surface area contributed by atoms with Crippen molar-refractivity contribution >= 4 is 5.97 Å². The first-order valence-corrected chi connectivity index (χ1v) is 12.5. The number of carbonyl (C=O) groups is 1. The van der Waals surface area contributed by atoms with Crippen molar-refractivity contribution in [3.63, 3.8) is 0 Å². The summed E-state index contributed by atoms with van der Waals surface area (Å²) in [5, 5.41) is 10.4. The van der Waals surface area contributed by atoms with Crippen molar-refractivity contribution < 1.29 is 23.8 Å². The largest absolute Gasteiger partial charge is 0.469 e. The Kier molecular flexibility index (Phi) is 9.69. The highest BCUT2D eigenvalue weighted by Gasteiger charge is 2.58. The topological polar surface area (TPSA) is 55.8 Å². The van der Waals surface area contributed by atoms with Crippen LogP contribution in [0.25, 0.3) is 0 Å². The average Bonchev–Trinajstić information content (AvgIpc) is 3.38. The monoisotopic (exact) mass is 458 g/mol. The van der Waals surface area contributed by atoms with Gasteiger partial charge in [0.25, 0.3) is 0 Å². The van der Waals surface area contributed by atoms with Gasteiger partial charge in [-0.3, -0.25) is 4.79 Å². The lowest BCUT2D eigenvalue weighted by Crippen LogP contribution is -2.39. The SMILES string of the molecule is CCCCC[C@H](O)C=C[C@@H]1[C@@H]2C[C@@](c3ccc(F)cc3)(CO2)[C@H]1CC=CCCCC(=O)OC. The number of unbranched alkanes of at least 4 members (excludes halogenated alkanes) is 3. The third-order valence-electron chi connectivity index (χ3n) is 7.34. The highest BCUT2D eigenvalue weighted by atomic mass is 19.1. The molecule has 5 heteroatoms. The fraction of sp³-hybridized carbons (Fsp3) is 0.607. The molecule has 0 unspecified atom stereocenters. The maximum Gasteiger partial charge on any atom is 0.305 e. The number of rotatable bonds is 13. The average molecular weight is 459 g/mol. The molecule has 33 heavy (non-hydrogen) atoms. The zero-order valence-electron chi connectivity index (χ0n) is 20.0. The van der Waals surface area contributed by atoms with Crippen LogP contribution >= 0.6 is 0 Å². The second-order valence-corrected chi connectivity index (χ2v) is 9.52. The Morgan fingerprint density at radius 3 is 2.79 bits per heavy atom. The minimum atomic E-state index is -0.424. The molecule has 1 N–H and O–H groups in total. The van der Waals surface area contributed by atoms with E-state index in [-0.39, 0.29) is 29.2 Å². The van der Waals surface area contributed by atoms with Gasteiger partial charge in [-0.25, -0.2) is 4.39 Å². The lowest BCUT2D eigenvalue weighted by atomic mass is 9.69. The molecular weight excluding hydrogens is 419 g/mol. The number of ether oxygens (including phenoxy) is 2. The second-order valence-electron chi connectivity index (χ2n) is 9.52. The molecular formula is C28H39FO4. The van der Waals surface area contributed by atoms with Crippen molar-refractivity contribution in [3.05, 3.63) is 60.0 Å². The van der Waals surface area contributed by atoms with Crippen LogP contribution in [-0.4, -0.2) is 37.0 Å². The van der Waals surface area contributed by atoms with Crippen molar-refractivity contribution in [2.45, 2.75) is 82.3 Å². The van der Waals surface area contributed by atoms with Gasteiger partial charge in [-0.2, -0.15) is 0 Å². The summed E-state index contributed by atoms with van der Waals surface area (Å²) in [5.41, 5.74) is 0.992. The number of halogens is 1. The smallest absolute Gasteiger partial charge is 0.305 e. The summed E-state index contributed by atoms with van der Waals surface area (Å²) in [6.07, 6.45) is 16.1. The molecule has 1 aromatic carbocycles. The quantitative estimate of drug-likeness (QED) is 0.228. The maximum absolute atomic E-state index is 13.6. The van der Waals surface area contributed by atoms with E-state index in [1.54, 1.807) is 0 Å². The molecule has 1 aromatic rings. The number of fused-ring (bicyclic) bond motifs is 2. The molecule has 0 aromatic heterocycles. The van der Waals surface area contributed by atoms with E-state index in [0.29, 0.717) is 18.9 Å². The summed E-state index contributed by atoms with van der Waals surface area (Å²) in [5.74, 6) is 0.130. The zero-order chi connectivity index (χ0) is 23.7. The minimum Gasteiger partial charge on any atom is -0.469 e. The van der Waals surface area contributed by atoms with Crippen LogP contribution < -0.4 is 0 Å². The normalized spacial score (nSPS) is 27.6. The minimum absolute atomic E-state index is 0.117. The number of hydrogen-bond acceptors (Lipinski definition) is 4. The highest BCUT2D eigenvalue weighted by molar-refractivity contribution is 5.69. The van der Waals surface area contributed by atoms with Crippen molar-refractivity contribution in [1.82, 2.24) is 0 Å². The third kappa shape index (κ3) is 6.54. The van der Waals surface area contributed by atoms with Gasteiger partial charge in [-0.05, 0) is 55.7 Å². The van der Waals surface area contributed by atoms with Crippen LogP contribution in [0.5, 0.6) is 0 Å². The van der Waals surface area contributed by atoms with Gasteiger partial charge in [0, 0.05) is 17.8 Å². The number of hydrogen-bond donors (Lipinski definition) is 1. The number of aliphatic hydroxyl groups is 1. The van der Waals surface area contributed by atoms with Gasteiger partial charge in [0.2, 0.25) is 0 Å². The van der Waals surface area contributed by atoms with Gasteiger partial charge in [0.1, 0.15) is 5.82 Å². The predicted molar refractivity (Wildman–Crippen MR) is 128 cm³/mol. The summed E-state index contributed by atoms with van der Waals surface area (Å²) in [7, 11) is 1.42. The Hall–Kier alpha value is -1.98. The molecule has 3 rings (SSSR count). The van der Waals surface area contributed by atoms with Crippen LogP contribution in [0.2, 0.25) is 0 Å². The number of benzene rings is 1. The number of esters is 1. The van der Waals surface area contributed by atoms with Crippen LogP contribution in [0.3, 0.4) is 0 Å². The number of methoxy groups -OCH3 is 1. The Bertz CT molecular complexity index is 803. The molecule has 5 atom stereocenters. The Morgan fingerprint density at radius 1 is 1.27 bits per heavy atom. The Morgan fingerprint density at radius 2 is 2.06 bits per heavy atom. The van der Waals surface area contributed by atoms with Gasteiger partial charge in [0.05, 0.1) is 25.9 Å². The molecule has 1 aliphatic carbocycles. The van der Waals surface area contributed by atoms with Crippen LogP contribution in [0, 0.1) is 17.7 Å². The molecule has 1 aliphatic heterocycles. The first kappa shape index (κ1) is 25.6.